The molecule has 0 bridgehead atoms. The zero-order valence-electron chi connectivity index (χ0n) is 9.61. The van der Waals surface area contributed by atoms with E-state index in [0.717, 1.165) is 4.88 Å². The summed E-state index contributed by atoms with van der Waals surface area (Å²) < 4.78 is 5.08. The number of carbonyl (C=O) groups is 2. The van der Waals surface area contributed by atoms with Gasteiger partial charge in [0.1, 0.15) is 0 Å². The minimum absolute atomic E-state index is 0.0495. The van der Waals surface area contributed by atoms with Gasteiger partial charge in [-0.15, -0.1) is 11.3 Å². The van der Waals surface area contributed by atoms with Crippen LogP contribution in [0, 0.1) is 0 Å². The molecule has 96 valence electrons. The van der Waals surface area contributed by atoms with Crippen LogP contribution in [0.25, 0.3) is 6.08 Å². The second-order valence-electron chi connectivity index (χ2n) is 3.81. The molecule has 18 heavy (non-hydrogen) atoms. The molecule has 0 saturated carbocycles. The number of hydrogen-bond donors (Lipinski definition) is 1. The Morgan fingerprint density at radius 2 is 2.39 bits per heavy atom. The van der Waals surface area contributed by atoms with Crippen LogP contribution in [-0.4, -0.2) is 47.7 Å². The van der Waals surface area contributed by atoms with Crippen molar-refractivity contribution in [1.82, 2.24) is 4.90 Å². The lowest BCUT2D eigenvalue weighted by molar-refractivity contribution is -0.156. The first kappa shape index (κ1) is 12.8. The van der Waals surface area contributed by atoms with Gasteiger partial charge < -0.3 is 14.7 Å². The van der Waals surface area contributed by atoms with E-state index in [1.807, 2.05) is 17.5 Å². The monoisotopic (exact) mass is 267 g/mol. The van der Waals surface area contributed by atoms with Crippen LogP contribution in [0.4, 0.5) is 0 Å². The van der Waals surface area contributed by atoms with Gasteiger partial charge in [0.05, 0.1) is 13.2 Å². The predicted octanol–water partition coefficient (Wildman–Crippen LogP) is 1.07. The first-order valence-corrected chi connectivity index (χ1v) is 6.39. The maximum absolute atomic E-state index is 11.9. The number of thiophene rings is 1. The summed E-state index contributed by atoms with van der Waals surface area (Å²) >= 11 is 1.52. The zero-order valence-corrected chi connectivity index (χ0v) is 10.4. The molecule has 0 radical (unpaired) electrons. The summed E-state index contributed by atoms with van der Waals surface area (Å²) in [6.07, 6.45) is 3.11. The maximum atomic E-state index is 11.9. The average Bonchev–Trinajstić information content (AvgIpc) is 2.89. The summed E-state index contributed by atoms with van der Waals surface area (Å²) in [5.41, 5.74) is 0. The molecular weight excluding hydrogens is 254 g/mol. The van der Waals surface area contributed by atoms with Gasteiger partial charge >= 0.3 is 5.97 Å². The van der Waals surface area contributed by atoms with E-state index in [2.05, 4.69) is 0 Å². The van der Waals surface area contributed by atoms with Crippen LogP contribution >= 0.6 is 11.3 Å². The van der Waals surface area contributed by atoms with Crippen LogP contribution in [0.1, 0.15) is 4.88 Å². The number of carbonyl (C=O) groups excluding carboxylic acids is 1. The summed E-state index contributed by atoms with van der Waals surface area (Å²) in [6.45, 7) is 0.737. The summed E-state index contributed by atoms with van der Waals surface area (Å²) in [7, 11) is 0. The van der Waals surface area contributed by atoms with Crippen LogP contribution in [0.3, 0.4) is 0 Å². The lowest BCUT2D eigenvalue weighted by Crippen LogP contribution is -2.52. The number of ether oxygens (including phenoxy) is 1. The SMILES string of the molecule is O=C(O)C1COCCN1C(=O)/C=C/c1cccs1. The molecule has 1 aromatic rings. The molecule has 1 N–H and O–H groups in total. The highest BCUT2D eigenvalue weighted by Gasteiger charge is 2.31. The lowest BCUT2D eigenvalue weighted by atomic mass is 10.2. The molecule has 5 nitrogen and oxygen atoms in total. The third-order valence-corrected chi connectivity index (χ3v) is 3.47. The first-order valence-electron chi connectivity index (χ1n) is 5.51. The lowest BCUT2D eigenvalue weighted by Gasteiger charge is -2.31. The summed E-state index contributed by atoms with van der Waals surface area (Å²) in [4.78, 5) is 25.2. The molecule has 1 fully saturated rings. The Kier molecular flexibility index (Phi) is 4.11. The number of amides is 1. The van der Waals surface area contributed by atoms with Crippen LogP contribution < -0.4 is 0 Å². The molecule has 0 spiro atoms. The molecular formula is C12H13NO4S. The van der Waals surface area contributed by atoms with Gasteiger partial charge in [0.2, 0.25) is 5.91 Å². The highest BCUT2D eigenvalue weighted by molar-refractivity contribution is 7.10. The van der Waals surface area contributed by atoms with Gasteiger partial charge in [-0.3, -0.25) is 4.79 Å². The predicted molar refractivity (Wildman–Crippen MR) is 67.3 cm³/mol. The number of morpholine rings is 1. The van der Waals surface area contributed by atoms with Gasteiger partial charge in [0, 0.05) is 17.5 Å². The molecule has 0 aliphatic carbocycles. The topological polar surface area (TPSA) is 66.8 Å². The van der Waals surface area contributed by atoms with Crippen LogP contribution in [0.5, 0.6) is 0 Å². The molecule has 2 rings (SSSR count). The van der Waals surface area contributed by atoms with Gasteiger partial charge in [-0.1, -0.05) is 6.07 Å². The third kappa shape index (κ3) is 2.96. The van der Waals surface area contributed by atoms with Crippen molar-refractivity contribution in [3.8, 4) is 0 Å². The number of carboxylic acid groups (broad SMARTS) is 1. The van der Waals surface area contributed by atoms with Crippen molar-refractivity contribution < 1.29 is 19.4 Å². The Hall–Kier alpha value is -1.66. The van der Waals surface area contributed by atoms with E-state index in [1.165, 1.54) is 22.3 Å². The van der Waals surface area contributed by atoms with Crippen molar-refractivity contribution >= 4 is 29.3 Å². The van der Waals surface area contributed by atoms with Gasteiger partial charge in [-0.2, -0.15) is 0 Å². The molecule has 1 aliphatic heterocycles. The average molecular weight is 267 g/mol. The summed E-state index contributed by atoms with van der Waals surface area (Å²) in [5.74, 6) is -1.33. The molecule has 1 saturated heterocycles. The van der Waals surface area contributed by atoms with Crippen molar-refractivity contribution in [2.24, 2.45) is 0 Å². The molecule has 1 atom stereocenters. The smallest absolute Gasteiger partial charge is 0.328 e. The van der Waals surface area contributed by atoms with E-state index >= 15 is 0 Å². The zero-order chi connectivity index (χ0) is 13.0. The summed E-state index contributed by atoms with van der Waals surface area (Å²) in [5, 5.41) is 10.9. The molecule has 1 amide bonds. The van der Waals surface area contributed by atoms with E-state index in [9.17, 15) is 9.59 Å². The highest BCUT2D eigenvalue weighted by atomic mass is 32.1. The van der Waals surface area contributed by atoms with Gasteiger partial charge in [-0.05, 0) is 17.5 Å². The third-order valence-electron chi connectivity index (χ3n) is 2.63. The van der Waals surface area contributed by atoms with E-state index in [4.69, 9.17) is 9.84 Å². The highest BCUT2D eigenvalue weighted by Crippen LogP contribution is 2.12. The Bertz CT molecular complexity index is 455. The minimum Gasteiger partial charge on any atom is -0.480 e. The van der Waals surface area contributed by atoms with Crippen molar-refractivity contribution in [3.63, 3.8) is 0 Å². The van der Waals surface area contributed by atoms with Crippen LogP contribution in [0.2, 0.25) is 0 Å². The largest absolute Gasteiger partial charge is 0.480 e. The number of aliphatic carboxylic acids is 1. The van der Waals surface area contributed by atoms with Crippen molar-refractivity contribution in [3.05, 3.63) is 28.5 Å². The number of rotatable bonds is 3. The fourth-order valence-electron chi connectivity index (χ4n) is 1.71. The van der Waals surface area contributed by atoms with Crippen LogP contribution in [-0.2, 0) is 14.3 Å². The number of carboxylic acids is 1. The molecule has 2 heterocycles. The fourth-order valence-corrected chi connectivity index (χ4v) is 2.33. The molecule has 1 unspecified atom stereocenters. The van der Waals surface area contributed by atoms with Gasteiger partial charge in [-0.25, -0.2) is 4.79 Å². The second-order valence-corrected chi connectivity index (χ2v) is 4.79. The minimum atomic E-state index is -1.03. The molecule has 1 aromatic heterocycles. The van der Waals surface area contributed by atoms with Crippen LogP contribution in [0.15, 0.2) is 23.6 Å². The van der Waals surface area contributed by atoms with Gasteiger partial charge in [0.15, 0.2) is 6.04 Å². The second kappa shape index (κ2) is 5.79. The molecule has 1 aliphatic rings. The van der Waals surface area contributed by atoms with Crippen molar-refractivity contribution in [2.75, 3.05) is 19.8 Å². The Balaban J connectivity index is 2.04. The number of nitrogens with zero attached hydrogens (tertiary/aromatic N) is 1. The van der Waals surface area contributed by atoms with E-state index in [1.54, 1.807) is 6.08 Å². The Labute approximate surface area is 108 Å². The normalized spacial score (nSPS) is 20.2. The Morgan fingerprint density at radius 1 is 1.56 bits per heavy atom. The molecule has 0 aromatic carbocycles. The van der Waals surface area contributed by atoms with E-state index in [-0.39, 0.29) is 12.5 Å². The van der Waals surface area contributed by atoms with Gasteiger partial charge in [0.25, 0.3) is 0 Å². The Morgan fingerprint density at radius 3 is 3.06 bits per heavy atom. The standard InChI is InChI=1S/C12H13NO4S/c14-11(4-3-9-2-1-7-18-9)13-5-6-17-8-10(13)12(15)16/h1-4,7,10H,5-6,8H2,(H,15,16)/b4-3+. The molecule has 6 heteroatoms. The number of hydrogen-bond acceptors (Lipinski definition) is 4. The summed E-state index contributed by atoms with van der Waals surface area (Å²) in [6, 6.07) is 2.89. The maximum Gasteiger partial charge on any atom is 0.328 e. The van der Waals surface area contributed by atoms with E-state index in [0.29, 0.717) is 13.2 Å². The van der Waals surface area contributed by atoms with Crippen molar-refractivity contribution in [1.29, 1.82) is 0 Å². The van der Waals surface area contributed by atoms with Crippen molar-refractivity contribution in [2.45, 2.75) is 6.04 Å². The first-order chi connectivity index (χ1) is 8.68. The quantitative estimate of drug-likeness (QED) is 0.832. The van der Waals surface area contributed by atoms with E-state index < -0.39 is 12.0 Å². The fraction of sp³-hybridized carbons (Fsp3) is 0.333.